The van der Waals surface area contributed by atoms with Crippen LogP contribution in [0.25, 0.3) is 0 Å². The molecule has 2 aromatic rings. The van der Waals surface area contributed by atoms with Gasteiger partial charge in [-0.25, -0.2) is 4.98 Å². The molecule has 4 nitrogen and oxygen atoms in total. The van der Waals surface area contributed by atoms with Crippen molar-refractivity contribution in [3.8, 4) is 5.88 Å². The third-order valence-corrected chi connectivity index (χ3v) is 3.17. The van der Waals surface area contributed by atoms with E-state index in [1.54, 1.807) is 6.20 Å². The topological polar surface area (TPSA) is 60.2 Å². The second-order valence-electron chi connectivity index (χ2n) is 4.72. The normalized spacial score (nSPS) is 10.6. The molecule has 0 amide bonds. The molecule has 0 fully saturated rings. The van der Waals surface area contributed by atoms with Crippen LogP contribution in [0.15, 0.2) is 41.0 Å². The molecule has 1 heterocycles. The molecule has 0 atom stereocenters. The van der Waals surface area contributed by atoms with Gasteiger partial charge in [-0.15, -0.1) is 0 Å². The Morgan fingerprint density at radius 2 is 2.15 bits per heavy atom. The molecule has 0 aliphatic rings. The van der Waals surface area contributed by atoms with Gasteiger partial charge in [-0.1, -0.05) is 22.0 Å². The van der Waals surface area contributed by atoms with Crippen LogP contribution >= 0.6 is 15.9 Å². The van der Waals surface area contributed by atoms with Crippen LogP contribution in [0.2, 0.25) is 0 Å². The van der Waals surface area contributed by atoms with E-state index in [-0.39, 0.29) is 6.10 Å². The lowest BCUT2D eigenvalue weighted by Gasteiger charge is -2.14. The molecule has 5 heteroatoms. The van der Waals surface area contributed by atoms with Gasteiger partial charge in [0.25, 0.3) is 0 Å². The summed E-state index contributed by atoms with van der Waals surface area (Å²) in [5.41, 5.74) is 8.57. The molecular weight excluding hydrogens is 318 g/mol. The van der Waals surface area contributed by atoms with Crippen LogP contribution in [-0.4, -0.2) is 11.1 Å². The van der Waals surface area contributed by atoms with Crippen molar-refractivity contribution >= 4 is 27.3 Å². The highest BCUT2D eigenvalue weighted by Gasteiger charge is 2.07. The van der Waals surface area contributed by atoms with Gasteiger partial charge in [0.2, 0.25) is 5.88 Å². The van der Waals surface area contributed by atoms with Gasteiger partial charge in [-0.05, 0) is 38.1 Å². The number of pyridine rings is 1. The van der Waals surface area contributed by atoms with Crippen molar-refractivity contribution in [1.29, 1.82) is 0 Å². The van der Waals surface area contributed by atoms with E-state index in [4.69, 9.17) is 10.5 Å². The highest BCUT2D eigenvalue weighted by atomic mass is 79.9. The van der Waals surface area contributed by atoms with Crippen LogP contribution in [0.1, 0.15) is 19.4 Å². The minimum absolute atomic E-state index is 0.0985. The minimum atomic E-state index is 0.0985. The summed E-state index contributed by atoms with van der Waals surface area (Å²) in [5.74, 6) is 0.658. The largest absolute Gasteiger partial charge is 0.475 e. The number of nitrogen functional groups attached to an aromatic ring is 1. The van der Waals surface area contributed by atoms with E-state index in [0.29, 0.717) is 18.1 Å². The number of nitrogens with two attached hydrogens (primary N) is 1. The Balaban J connectivity index is 2.10. The van der Waals surface area contributed by atoms with Crippen molar-refractivity contribution in [2.45, 2.75) is 26.5 Å². The fourth-order valence-corrected chi connectivity index (χ4v) is 2.15. The van der Waals surface area contributed by atoms with Crippen molar-refractivity contribution < 1.29 is 4.74 Å². The van der Waals surface area contributed by atoms with Crippen LogP contribution in [0, 0.1) is 0 Å². The third-order valence-electron chi connectivity index (χ3n) is 2.68. The minimum Gasteiger partial charge on any atom is -0.475 e. The van der Waals surface area contributed by atoms with Gasteiger partial charge < -0.3 is 15.8 Å². The van der Waals surface area contributed by atoms with Crippen LogP contribution in [0.5, 0.6) is 5.88 Å². The smallest absolute Gasteiger partial charge is 0.218 e. The van der Waals surface area contributed by atoms with E-state index in [0.717, 1.165) is 15.7 Å². The number of aromatic nitrogens is 1. The molecule has 0 saturated carbocycles. The van der Waals surface area contributed by atoms with Gasteiger partial charge in [0.15, 0.2) is 0 Å². The zero-order valence-corrected chi connectivity index (χ0v) is 13.1. The molecule has 0 saturated heterocycles. The number of hydrogen-bond acceptors (Lipinski definition) is 4. The summed E-state index contributed by atoms with van der Waals surface area (Å²) in [5, 5.41) is 3.30. The average molecular weight is 336 g/mol. The highest BCUT2D eigenvalue weighted by molar-refractivity contribution is 9.10. The summed E-state index contributed by atoms with van der Waals surface area (Å²) in [6, 6.07) is 9.66. The first kappa shape index (κ1) is 14.7. The van der Waals surface area contributed by atoms with Crippen LogP contribution in [0.4, 0.5) is 11.4 Å². The molecule has 1 aromatic carbocycles. The first-order valence-electron chi connectivity index (χ1n) is 6.45. The van der Waals surface area contributed by atoms with Gasteiger partial charge >= 0.3 is 0 Å². The van der Waals surface area contributed by atoms with Crippen molar-refractivity contribution in [2.24, 2.45) is 0 Å². The molecule has 106 valence electrons. The van der Waals surface area contributed by atoms with Crippen molar-refractivity contribution in [2.75, 3.05) is 11.1 Å². The molecule has 2 rings (SSSR count). The number of ether oxygens (including phenoxy) is 1. The molecule has 0 aliphatic heterocycles. The number of anilines is 2. The number of hydrogen-bond donors (Lipinski definition) is 2. The molecule has 20 heavy (non-hydrogen) atoms. The molecule has 0 radical (unpaired) electrons. The molecule has 0 unspecified atom stereocenters. The standard InChI is InChI=1S/C15H18BrN3O/c1-10(2)20-15-11(4-3-7-18-15)9-19-14-6-5-12(16)8-13(14)17/h3-8,10,19H,9,17H2,1-2H3. The first-order chi connectivity index (χ1) is 9.56. The van der Waals surface area contributed by atoms with Gasteiger partial charge in [-0.3, -0.25) is 0 Å². The molecular formula is C15H18BrN3O. The summed E-state index contributed by atoms with van der Waals surface area (Å²) in [6.45, 7) is 4.58. The lowest BCUT2D eigenvalue weighted by Crippen LogP contribution is -2.11. The molecule has 0 spiro atoms. The van der Waals surface area contributed by atoms with Gasteiger partial charge in [-0.2, -0.15) is 0 Å². The number of benzene rings is 1. The Morgan fingerprint density at radius 1 is 1.35 bits per heavy atom. The second-order valence-corrected chi connectivity index (χ2v) is 5.64. The summed E-state index contributed by atoms with van der Waals surface area (Å²) in [4.78, 5) is 4.27. The predicted molar refractivity (Wildman–Crippen MR) is 85.9 cm³/mol. The quantitative estimate of drug-likeness (QED) is 0.815. The monoisotopic (exact) mass is 335 g/mol. The number of halogens is 1. The van der Waals surface area contributed by atoms with E-state index < -0.39 is 0 Å². The van der Waals surface area contributed by atoms with Crippen LogP contribution in [0.3, 0.4) is 0 Å². The van der Waals surface area contributed by atoms with Crippen molar-refractivity contribution in [3.63, 3.8) is 0 Å². The van der Waals surface area contributed by atoms with Gasteiger partial charge in [0, 0.05) is 22.8 Å². The summed E-state index contributed by atoms with van der Waals surface area (Å²) in [7, 11) is 0. The van der Waals surface area contributed by atoms with E-state index in [1.807, 2.05) is 44.2 Å². The van der Waals surface area contributed by atoms with E-state index in [1.165, 1.54) is 0 Å². The Kier molecular flexibility index (Phi) is 4.84. The fraction of sp³-hybridized carbons (Fsp3) is 0.267. The molecule has 0 bridgehead atoms. The zero-order chi connectivity index (χ0) is 14.5. The molecule has 3 N–H and O–H groups in total. The molecule has 1 aromatic heterocycles. The van der Waals surface area contributed by atoms with E-state index in [2.05, 4.69) is 26.2 Å². The Bertz CT molecular complexity index is 587. The lowest BCUT2D eigenvalue weighted by atomic mass is 10.2. The Labute approximate surface area is 127 Å². The average Bonchev–Trinajstić information content (AvgIpc) is 2.39. The fourth-order valence-electron chi connectivity index (χ4n) is 1.77. The number of nitrogens with zero attached hydrogens (tertiary/aromatic N) is 1. The zero-order valence-electron chi connectivity index (χ0n) is 11.6. The Morgan fingerprint density at radius 3 is 2.85 bits per heavy atom. The lowest BCUT2D eigenvalue weighted by molar-refractivity contribution is 0.230. The number of nitrogens with one attached hydrogen (secondary N) is 1. The third kappa shape index (κ3) is 3.87. The SMILES string of the molecule is CC(C)Oc1ncccc1CNc1ccc(Br)cc1N. The van der Waals surface area contributed by atoms with E-state index in [9.17, 15) is 0 Å². The summed E-state index contributed by atoms with van der Waals surface area (Å²) in [6.07, 6.45) is 1.83. The summed E-state index contributed by atoms with van der Waals surface area (Å²) < 4.78 is 6.66. The number of rotatable bonds is 5. The molecule has 0 aliphatic carbocycles. The summed E-state index contributed by atoms with van der Waals surface area (Å²) >= 11 is 3.39. The highest BCUT2D eigenvalue weighted by Crippen LogP contribution is 2.24. The van der Waals surface area contributed by atoms with E-state index >= 15 is 0 Å². The van der Waals surface area contributed by atoms with Crippen molar-refractivity contribution in [1.82, 2.24) is 4.98 Å². The maximum atomic E-state index is 5.96. The van der Waals surface area contributed by atoms with Gasteiger partial charge in [0.05, 0.1) is 17.5 Å². The Hall–Kier alpha value is -1.75. The van der Waals surface area contributed by atoms with Gasteiger partial charge in [0.1, 0.15) is 0 Å². The predicted octanol–water partition coefficient (Wildman–Crippen LogP) is 3.83. The maximum absolute atomic E-state index is 5.96. The second kappa shape index (κ2) is 6.61. The first-order valence-corrected chi connectivity index (χ1v) is 7.25. The van der Waals surface area contributed by atoms with Crippen LogP contribution < -0.4 is 15.8 Å². The maximum Gasteiger partial charge on any atom is 0.218 e. The van der Waals surface area contributed by atoms with Crippen molar-refractivity contribution in [3.05, 3.63) is 46.6 Å². The van der Waals surface area contributed by atoms with Crippen LogP contribution in [-0.2, 0) is 6.54 Å².